The third-order valence-electron chi connectivity index (χ3n) is 10.5. The predicted octanol–water partition coefficient (Wildman–Crippen LogP) is 13.1. The van der Waals surface area contributed by atoms with Crippen LogP contribution in [0.3, 0.4) is 0 Å². The molecule has 4 heterocycles. The number of fused-ring (bicyclic) bond motifs is 6. The minimum absolute atomic E-state index is 0.567. The van der Waals surface area contributed by atoms with Crippen molar-refractivity contribution in [2.75, 3.05) is 0 Å². The standard InChI is InChI=1S/C50H31N5S/c1-3-14-32(15-4-1)37-27-26-34(29-45(37)55-43-23-10-7-18-39(43)40-19-8-11-24-44(40)55)49-52-48(33-16-5-2-6-17-33)53-50(54-49)36-28-35(30-51-31-36)38-21-13-22-42-41-20-9-12-25-46(41)56-47(38)42/h1-31H. The van der Waals surface area contributed by atoms with Crippen molar-refractivity contribution < 1.29 is 0 Å². The first kappa shape index (κ1) is 32.2. The summed E-state index contributed by atoms with van der Waals surface area (Å²) in [6.45, 7) is 0. The maximum atomic E-state index is 5.21. The molecule has 0 aliphatic carbocycles. The summed E-state index contributed by atoms with van der Waals surface area (Å²) in [5.41, 5.74) is 10.4. The summed E-state index contributed by atoms with van der Waals surface area (Å²) in [6, 6.07) is 61.8. The third kappa shape index (κ3) is 5.38. The molecule has 56 heavy (non-hydrogen) atoms. The van der Waals surface area contributed by atoms with Crippen molar-refractivity contribution in [1.82, 2.24) is 24.5 Å². The molecule has 0 aliphatic rings. The van der Waals surface area contributed by atoms with Gasteiger partial charge in [0.2, 0.25) is 0 Å². The fraction of sp³-hybridized carbons (Fsp3) is 0. The molecule has 4 aromatic heterocycles. The smallest absolute Gasteiger partial charge is 0.165 e. The van der Waals surface area contributed by atoms with E-state index in [0.717, 1.165) is 55.7 Å². The molecule has 0 aliphatic heterocycles. The van der Waals surface area contributed by atoms with Crippen molar-refractivity contribution in [2.45, 2.75) is 0 Å². The molecule has 0 saturated carbocycles. The van der Waals surface area contributed by atoms with Crippen LogP contribution in [0.15, 0.2) is 188 Å². The predicted molar refractivity (Wildman–Crippen MR) is 232 cm³/mol. The molecule has 0 radical (unpaired) electrons. The highest BCUT2D eigenvalue weighted by molar-refractivity contribution is 7.26. The summed E-state index contributed by atoms with van der Waals surface area (Å²) in [5, 5.41) is 4.94. The number of hydrogen-bond donors (Lipinski definition) is 0. The van der Waals surface area contributed by atoms with Gasteiger partial charge in [-0.15, -0.1) is 11.3 Å². The molecule has 0 spiro atoms. The number of para-hydroxylation sites is 2. The van der Waals surface area contributed by atoms with Crippen molar-refractivity contribution in [2.24, 2.45) is 0 Å². The van der Waals surface area contributed by atoms with Crippen LogP contribution in [0.2, 0.25) is 0 Å². The van der Waals surface area contributed by atoms with E-state index in [1.165, 1.54) is 30.9 Å². The largest absolute Gasteiger partial charge is 0.309 e. The summed E-state index contributed by atoms with van der Waals surface area (Å²) in [7, 11) is 0. The van der Waals surface area contributed by atoms with E-state index >= 15 is 0 Å². The topological polar surface area (TPSA) is 56.5 Å². The van der Waals surface area contributed by atoms with Gasteiger partial charge in [0.25, 0.3) is 0 Å². The van der Waals surface area contributed by atoms with E-state index in [1.807, 2.05) is 54.1 Å². The zero-order valence-electron chi connectivity index (χ0n) is 30.0. The normalized spacial score (nSPS) is 11.6. The summed E-state index contributed by atoms with van der Waals surface area (Å²) in [4.78, 5) is 20.2. The lowest BCUT2D eigenvalue weighted by Crippen LogP contribution is -2.02. The second-order valence-corrected chi connectivity index (χ2v) is 14.9. The van der Waals surface area contributed by atoms with Crippen molar-refractivity contribution >= 4 is 53.3 Å². The first-order valence-electron chi connectivity index (χ1n) is 18.6. The van der Waals surface area contributed by atoms with Crippen LogP contribution in [0, 0.1) is 0 Å². The van der Waals surface area contributed by atoms with Crippen LogP contribution in [0.25, 0.3) is 104 Å². The van der Waals surface area contributed by atoms with Gasteiger partial charge in [-0.2, -0.15) is 0 Å². The highest BCUT2D eigenvalue weighted by Gasteiger charge is 2.19. The Kier molecular flexibility index (Phi) is 7.60. The SMILES string of the molecule is c1ccc(-c2nc(-c3cncc(-c4cccc5c4sc4ccccc45)c3)nc(-c3ccc(-c4ccccc4)c(-n4c5ccccc5c5ccccc54)c3)n2)cc1. The maximum absolute atomic E-state index is 5.21. The fourth-order valence-electron chi connectivity index (χ4n) is 7.93. The molecule has 5 nitrogen and oxygen atoms in total. The average Bonchev–Trinajstić information content (AvgIpc) is 3.83. The average molecular weight is 734 g/mol. The van der Waals surface area contributed by atoms with Crippen LogP contribution in [-0.2, 0) is 0 Å². The van der Waals surface area contributed by atoms with Crippen LogP contribution in [0.4, 0.5) is 0 Å². The van der Waals surface area contributed by atoms with Crippen molar-refractivity contribution in [3.05, 3.63) is 188 Å². The second kappa shape index (κ2) is 13.2. The highest BCUT2D eigenvalue weighted by Crippen LogP contribution is 2.41. The molecule has 0 unspecified atom stereocenters. The fourth-order valence-corrected chi connectivity index (χ4v) is 9.17. The second-order valence-electron chi connectivity index (χ2n) is 13.9. The Morgan fingerprint density at radius 3 is 1.68 bits per heavy atom. The summed E-state index contributed by atoms with van der Waals surface area (Å²) in [6.07, 6.45) is 3.79. The van der Waals surface area contributed by atoms with Gasteiger partial charge in [0.05, 0.1) is 16.7 Å². The molecule has 11 aromatic rings. The van der Waals surface area contributed by atoms with Crippen LogP contribution in [-0.4, -0.2) is 24.5 Å². The highest BCUT2D eigenvalue weighted by atomic mass is 32.1. The Hall–Kier alpha value is -7.28. The molecule has 0 fully saturated rings. The van der Waals surface area contributed by atoms with E-state index in [2.05, 4.69) is 150 Å². The maximum Gasteiger partial charge on any atom is 0.165 e. The van der Waals surface area contributed by atoms with Crippen LogP contribution >= 0.6 is 11.3 Å². The number of hydrogen-bond acceptors (Lipinski definition) is 5. The van der Waals surface area contributed by atoms with E-state index in [1.54, 1.807) is 0 Å². The van der Waals surface area contributed by atoms with Gasteiger partial charge in [-0.1, -0.05) is 146 Å². The first-order valence-corrected chi connectivity index (χ1v) is 19.4. The van der Waals surface area contributed by atoms with Gasteiger partial charge >= 0.3 is 0 Å². The summed E-state index contributed by atoms with van der Waals surface area (Å²) >= 11 is 1.81. The van der Waals surface area contributed by atoms with E-state index < -0.39 is 0 Å². The van der Waals surface area contributed by atoms with Gasteiger partial charge in [-0.05, 0) is 35.9 Å². The third-order valence-corrected chi connectivity index (χ3v) is 11.8. The number of thiophene rings is 1. The van der Waals surface area contributed by atoms with Gasteiger partial charge in [0.1, 0.15) is 0 Å². The summed E-state index contributed by atoms with van der Waals surface area (Å²) in [5.74, 6) is 1.76. The minimum atomic E-state index is 0.567. The minimum Gasteiger partial charge on any atom is -0.309 e. The lowest BCUT2D eigenvalue weighted by atomic mass is 10.0. The van der Waals surface area contributed by atoms with E-state index in [9.17, 15) is 0 Å². The molecule has 11 rings (SSSR count). The Balaban J connectivity index is 1.12. The monoisotopic (exact) mass is 733 g/mol. The lowest BCUT2D eigenvalue weighted by Gasteiger charge is -2.16. The molecule has 7 aromatic carbocycles. The summed E-state index contributed by atoms with van der Waals surface area (Å²) < 4.78 is 4.89. The molecular formula is C50H31N5S. The van der Waals surface area contributed by atoms with Gasteiger partial charge < -0.3 is 4.57 Å². The molecular weight excluding hydrogens is 703 g/mol. The van der Waals surface area contributed by atoms with Crippen LogP contribution < -0.4 is 0 Å². The van der Waals surface area contributed by atoms with Crippen molar-refractivity contribution in [3.8, 4) is 62.1 Å². The van der Waals surface area contributed by atoms with Crippen molar-refractivity contribution in [3.63, 3.8) is 0 Å². The molecule has 6 heteroatoms. The van der Waals surface area contributed by atoms with Gasteiger partial charge in [0.15, 0.2) is 17.5 Å². The van der Waals surface area contributed by atoms with E-state index in [4.69, 9.17) is 19.9 Å². The number of benzene rings is 7. The number of rotatable bonds is 6. The Morgan fingerprint density at radius 1 is 0.375 bits per heavy atom. The lowest BCUT2D eigenvalue weighted by molar-refractivity contribution is 1.07. The van der Waals surface area contributed by atoms with Gasteiger partial charge in [0, 0.05) is 76.7 Å². The molecule has 0 atom stereocenters. The van der Waals surface area contributed by atoms with E-state index in [0.29, 0.717) is 17.5 Å². The van der Waals surface area contributed by atoms with E-state index in [-0.39, 0.29) is 0 Å². The number of aromatic nitrogens is 5. The van der Waals surface area contributed by atoms with Crippen LogP contribution in [0.1, 0.15) is 0 Å². The molecule has 0 amide bonds. The zero-order valence-corrected chi connectivity index (χ0v) is 30.9. The number of pyridine rings is 1. The van der Waals surface area contributed by atoms with Gasteiger partial charge in [-0.3, -0.25) is 4.98 Å². The molecule has 0 N–H and O–H groups in total. The number of nitrogens with zero attached hydrogens (tertiary/aromatic N) is 5. The molecule has 262 valence electrons. The molecule has 0 bridgehead atoms. The Bertz CT molecular complexity index is 3200. The van der Waals surface area contributed by atoms with Crippen LogP contribution in [0.5, 0.6) is 0 Å². The Labute approximate surface area is 326 Å². The quantitative estimate of drug-likeness (QED) is 0.171. The first-order chi connectivity index (χ1) is 27.8. The van der Waals surface area contributed by atoms with Gasteiger partial charge in [-0.25, -0.2) is 15.0 Å². The zero-order chi connectivity index (χ0) is 37.0. The molecule has 0 saturated heterocycles. The van der Waals surface area contributed by atoms with Crippen molar-refractivity contribution in [1.29, 1.82) is 0 Å². The Morgan fingerprint density at radius 2 is 0.946 bits per heavy atom.